The summed E-state index contributed by atoms with van der Waals surface area (Å²) in [6.45, 7) is 4.67. The van der Waals surface area contributed by atoms with Gasteiger partial charge in [0.15, 0.2) is 0 Å². The molecule has 0 unspecified atom stereocenters. The Labute approximate surface area is 121 Å². The van der Waals surface area contributed by atoms with Crippen LogP contribution in [0.25, 0.3) is 0 Å². The Morgan fingerprint density at radius 2 is 2.10 bits per heavy atom. The Kier molecular flexibility index (Phi) is 2.94. The molecular formula is C18H25NO. The molecule has 1 saturated heterocycles. The summed E-state index contributed by atoms with van der Waals surface area (Å²) >= 11 is 0. The first-order valence-corrected chi connectivity index (χ1v) is 8.24. The van der Waals surface area contributed by atoms with E-state index in [1.54, 1.807) is 0 Å². The van der Waals surface area contributed by atoms with E-state index < -0.39 is 0 Å². The lowest BCUT2D eigenvalue weighted by atomic mass is 9.68. The number of aliphatic hydroxyl groups is 1. The standard InChI is InChI=1S/C18H25NO/c1-2-19-12-14-11-15(20)17(13-7-4-3-5-8-13)18(14)10-6-9-16(18)19/h3-5,7-8,14-17,20H,2,6,9-12H2,1H3/t14-,15-,16+,17-,18-/m1/s1. The van der Waals surface area contributed by atoms with Gasteiger partial charge in [-0.15, -0.1) is 0 Å². The van der Waals surface area contributed by atoms with E-state index in [4.69, 9.17) is 0 Å². The molecule has 2 saturated carbocycles. The SMILES string of the molecule is CCN1C[C@H]2C[C@@H](O)[C@@H](c3ccccc3)[C@]23CCC[C@H]13. The highest BCUT2D eigenvalue weighted by Gasteiger charge is 2.65. The van der Waals surface area contributed by atoms with Crippen molar-refractivity contribution in [3.63, 3.8) is 0 Å². The van der Waals surface area contributed by atoms with Crippen LogP contribution in [-0.4, -0.2) is 35.2 Å². The average molecular weight is 271 g/mol. The molecule has 2 nitrogen and oxygen atoms in total. The molecule has 20 heavy (non-hydrogen) atoms. The maximum atomic E-state index is 10.7. The Morgan fingerprint density at radius 1 is 1.30 bits per heavy atom. The second-order valence-corrected chi connectivity index (χ2v) is 7.00. The van der Waals surface area contributed by atoms with Gasteiger partial charge in [0.25, 0.3) is 0 Å². The minimum absolute atomic E-state index is 0.137. The molecule has 1 aromatic rings. The first kappa shape index (κ1) is 12.8. The fraction of sp³-hybridized carbons (Fsp3) is 0.667. The van der Waals surface area contributed by atoms with Crippen molar-refractivity contribution < 1.29 is 5.11 Å². The van der Waals surface area contributed by atoms with Gasteiger partial charge in [0.1, 0.15) is 0 Å². The molecule has 3 aliphatic rings. The summed E-state index contributed by atoms with van der Waals surface area (Å²) in [5.41, 5.74) is 1.73. The van der Waals surface area contributed by atoms with Crippen LogP contribution in [0.1, 0.15) is 44.1 Å². The predicted octanol–water partition coefficient (Wildman–Crippen LogP) is 3.03. The molecule has 1 aliphatic heterocycles. The fourth-order valence-corrected chi connectivity index (χ4v) is 5.85. The van der Waals surface area contributed by atoms with E-state index in [1.165, 1.54) is 37.9 Å². The third kappa shape index (κ3) is 1.52. The van der Waals surface area contributed by atoms with Crippen molar-refractivity contribution >= 4 is 0 Å². The zero-order valence-electron chi connectivity index (χ0n) is 12.3. The van der Waals surface area contributed by atoms with Crippen LogP contribution in [-0.2, 0) is 0 Å². The van der Waals surface area contributed by atoms with Gasteiger partial charge in [-0.1, -0.05) is 43.7 Å². The normalized spacial score (nSPS) is 43.7. The maximum Gasteiger partial charge on any atom is 0.0618 e. The highest BCUT2D eigenvalue weighted by atomic mass is 16.3. The van der Waals surface area contributed by atoms with Crippen molar-refractivity contribution in [2.24, 2.45) is 11.3 Å². The van der Waals surface area contributed by atoms with Crippen LogP contribution in [0.4, 0.5) is 0 Å². The van der Waals surface area contributed by atoms with Crippen molar-refractivity contribution in [2.45, 2.75) is 50.7 Å². The van der Waals surface area contributed by atoms with Gasteiger partial charge in [0.05, 0.1) is 6.10 Å². The quantitative estimate of drug-likeness (QED) is 0.894. The zero-order chi connectivity index (χ0) is 13.7. The predicted molar refractivity (Wildman–Crippen MR) is 80.6 cm³/mol. The van der Waals surface area contributed by atoms with Crippen LogP contribution in [0.3, 0.4) is 0 Å². The maximum absolute atomic E-state index is 10.7. The van der Waals surface area contributed by atoms with Crippen LogP contribution in [0, 0.1) is 11.3 Å². The molecule has 0 amide bonds. The second kappa shape index (κ2) is 4.57. The molecule has 4 rings (SSSR count). The summed E-state index contributed by atoms with van der Waals surface area (Å²) < 4.78 is 0. The summed E-state index contributed by atoms with van der Waals surface area (Å²) in [5.74, 6) is 1.06. The van der Waals surface area contributed by atoms with Crippen molar-refractivity contribution in [1.82, 2.24) is 4.90 Å². The largest absolute Gasteiger partial charge is 0.392 e. The molecule has 1 heterocycles. The Hall–Kier alpha value is -0.860. The number of likely N-dealkylation sites (tertiary alicyclic amines) is 1. The Balaban J connectivity index is 1.79. The van der Waals surface area contributed by atoms with E-state index in [2.05, 4.69) is 42.2 Å². The number of rotatable bonds is 2. The highest BCUT2D eigenvalue weighted by molar-refractivity contribution is 5.31. The summed E-state index contributed by atoms with van der Waals surface area (Å²) in [5, 5.41) is 10.7. The molecule has 5 atom stereocenters. The minimum Gasteiger partial charge on any atom is -0.392 e. The first-order chi connectivity index (χ1) is 9.77. The molecule has 1 spiro atoms. The number of hydrogen-bond donors (Lipinski definition) is 1. The van der Waals surface area contributed by atoms with Gasteiger partial charge in [-0.25, -0.2) is 0 Å². The van der Waals surface area contributed by atoms with Crippen LogP contribution < -0.4 is 0 Å². The van der Waals surface area contributed by atoms with E-state index in [9.17, 15) is 5.11 Å². The van der Waals surface area contributed by atoms with Gasteiger partial charge in [-0.2, -0.15) is 0 Å². The zero-order valence-corrected chi connectivity index (χ0v) is 12.3. The summed E-state index contributed by atoms with van der Waals surface area (Å²) in [7, 11) is 0. The van der Waals surface area contributed by atoms with E-state index >= 15 is 0 Å². The molecule has 0 aromatic heterocycles. The van der Waals surface area contributed by atoms with Crippen molar-refractivity contribution in [3.8, 4) is 0 Å². The molecule has 0 radical (unpaired) electrons. The first-order valence-electron chi connectivity index (χ1n) is 8.24. The van der Waals surface area contributed by atoms with Crippen molar-refractivity contribution in [1.29, 1.82) is 0 Å². The molecule has 2 aliphatic carbocycles. The highest BCUT2D eigenvalue weighted by Crippen LogP contribution is 2.65. The van der Waals surface area contributed by atoms with Crippen molar-refractivity contribution in [2.75, 3.05) is 13.1 Å². The van der Waals surface area contributed by atoms with Gasteiger partial charge in [-0.3, -0.25) is 4.90 Å². The van der Waals surface area contributed by atoms with Crippen molar-refractivity contribution in [3.05, 3.63) is 35.9 Å². The van der Waals surface area contributed by atoms with E-state index in [1.807, 2.05) is 0 Å². The lowest BCUT2D eigenvalue weighted by Gasteiger charge is -2.38. The van der Waals surface area contributed by atoms with Gasteiger partial charge in [0, 0.05) is 18.5 Å². The monoisotopic (exact) mass is 271 g/mol. The second-order valence-electron chi connectivity index (χ2n) is 7.00. The Morgan fingerprint density at radius 3 is 2.85 bits per heavy atom. The average Bonchev–Trinajstić information content (AvgIpc) is 3.07. The van der Waals surface area contributed by atoms with E-state index in [0.29, 0.717) is 23.3 Å². The van der Waals surface area contributed by atoms with Crippen LogP contribution in [0.2, 0.25) is 0 Å². The van der Waals surface area contributed by atoms with Crippen LogP contribution in [0.15, 0.2) is 30.3 Å². The Bertz CT molecular complexity index is 487. The third-order valence-electron chi connectivity index (χ3n) is 6.42. The summed E-state index contributed by atoms with van der Waals surface area (Å²) in [6, 6.07) is 11.5. The number of hydrogen-bond acceptors (Lipinski definition) is 2. The number of benzene rings is 1. The van der Waals surface area contributed by atoms with Gasteiger partial charge >= 0.3 is 0 Å². The summed E-state index contributed by atoms with van der Waals surface area (Å²) in [6.07, 6.45) is 4.86. The van der Waals surface area contributed by atoms with Crippen LogP contribution in [0.5, 0.6) is 0 Å². The van der Waals surface area contributed by atoms with Crippen LogP contribution >= 0.6 is 0 Å². The topological polar surface area (TPSA) is 23.5 Å². The molecule has 108 valence electrons. The molecule has 2 heteroatoms. The minimum atomic E-state index is -0.137. The third-order valence-corrected chi connectivity index (χ3v) is 6.42. The molecular weight excluding hydrogens is 246 g/mol. The molecule has 1 aromatic carbocycles. The van der Waals surface area contributed by atoms with Gasteiger partial charge in [0.2, 0.25) is 0 Å². The van der Waals surface area contributed by atoms with E-state index in [-0.39, 0.29) is 6.10 Å². The number of nitrogens with zero attached hydrogens (tertiary/aromatic N) is 1. The van der Waals surface area contributed by atoms with Gasteiger partial charge in [-0.05, 0) is 42.7 Å². The molecule has 1 N–H and O–H groups in total. The van der Waals surface area contributed by atoms with Gasteiger partial charge < -0.3 is 5.11 Å². The lowest BCUT2D eigenvalue weighted by molar-refractivity contribution is 0.0941. The molecule has 0 bridgehead atoms. The number of aliphatic hydroxyl groups excluding tert-OH is 1. The smallest absolute Gasteiger partial charge is 0.0618 e. The van der Waals surface area contributed by atoms with E-state index in [0.717, 1.165) is 6.42 Å². The lowest BCUT2D eigenvalue weighted by Crippen LogP contribution is -2.40. The molecule has 3 fully saturated rings. The fourth-order valence-electron chi connectivity index (χ4n) is 5.85. The summed E-state index contributed by atoms with van der Waals surface area (Å²) in [4.78, 5) is 2.69.